The van der Waals surface area contributed by atoms with Gasteiger partial charge in [0.2, 0.25) is 0 Å². The van der Waals surface area contributed by atoms with Gasteiger partial charge in [-0.15, -0.1) is 0 Å². The SMILES string of the molecule is CC.Cn1cc(F)c2c(=O)[nH]cnc21. The molecule has 0 fully saturated rings. The van der Waals surface area contributed by atoms with E-state index in [1.807, 2.05) is 13.8 Å². The zero-order valence-electron chi connectivity index (χ0n) is 8.34. The molecule has 0 saturated carbocycles. The summed E-state index contributed by atoms with van der Waals surface area (Å²) >= 11 is 0. The van der Waals surface area contributed by atoms with Crippen LogP contribution in [0, 0.1) is 5.82 Å². The molecule has 0 aromatic carbocycles. The molecule has 0 spiro atoms. The molecular formula is C9H12FN3O. The monoisotopic (exact) mass is 197 g/mol. The van der Waals surface area contributed by atoms with Gasteiger partial charge in [-0.1, -0.05) is 13.8 Å². The highest BCUT2D eigenvalue weighted by Gasteiger charge is 2.09. The number of rotatable bonds is 0. The fraction of sp³-hybridized carbons (Fsp3) is 0.333. The standard InChI is InChI=1S/C7H6FN3O.C2H6/c1-11-2-4(8)5-6(11)9-3-10-7(5)12;1-2/h2-3H,1H3,(H,9,10,12);1-2H3. The summed E-state index contributed by atoms with van der Waals surface area (Å²) in [4.78, 5) is 17.2. The van der Waals surface area contributed by atoms with Crippen molar-refractivity contribution >= 4 is 11.0 Å². The van der Waals surface area contributed by atoms with Crippen LogP contribution in [0.2, 0.25) is 0 Å². The number of H-pyrrole nitrogens is 1. The van der Waals surface area contributed by atoms with Crippen molar-refractivity contribution in [2.24, 2.45) is 7.05 Å². The molecule has 0 aliphatic carbocycles. The van der Waals surface area contributed by atoms with Crippen molar-refractivity contribution in [3.8, 4) is 0 Å². The molecule has 0 atom stereocenters. The number of hydrogen-bond donors (Lipinski definition) is 1. The van der Waals surface area contributed by atoms with E-state index in [0.29, 0.717) is 5.65 Å². The van der Waals surface area contributed by atoms with Gasteiger partial charge in [-0.25, -0.2) is 9.37 Å². The fourth-order valence-corrected chi connectivity index (χ4v) is 1.17. The highest BCUT2D eigenvalue weighted by atomic mass is 19.1. The van der Waals surface area contributed by atoms with E-state index in [9.17, 15) is 9.18 Å². The lowest BCUT2D eigenvalue weighted by Gasteiger charge is -1.90. The molecular weight excluding hydrogens is 185 g/mol. The summed E-state index contributed by atoms with van der Waals surface area (Å²) in [6, 6.07) is 0. The van der Waals surface area contributed by atoms with Crippen molar-refractivity contribution in [3.63, 3.8) is 0 Å². The van der Waals surface area contributed by atoms with Crippen LogP contribution in [-0.4, -0.2) is 14.5 Å². The van der Waals surface area contributed by atoms with Crippen LogP contribution in [0.25, 0.3) is 11.0 Å². The second kappa shape index (κ2) is 4.04. The van der Waals surface area contributed by atoms with Crippen LogP contribution in [0.4, 0.5) is 4.39 Å². The lowest BCUT2D eigenvalue weighted by atomic mass is 10.4. The van der Waals surface area contributed by atoms with Crippen LogP contribution in [-0.2, 0) is 7.05 Å². The first-order chi connectivity index (χ1) is 6.70. The first-order valence-electron chi connectivity index (χ1n) is 4.38. The third-order valence-electron chi connectivity index (χ3n) is 1.71. The van der Waals surface area contributed by atoms with Gasteiger partial charge in [-0.3, -0.25) is 4.79 Å². The number of nitrogens with zero attached hydrogens (tertiary/aromatic N) is 2. The molecule has 2 aromatic heterocycles. The topological polar surface area (TPSA) is 50.7 Å². The normalized spacial score (nSPS) is 9.71. The summed E-state index contributed by atoms with van der Waals surface area (Å²) in [5.74, 6) is -0.540. The Kier molecular flexibility index (Phi) is 3.01. The van der Waals surface area contributed by atoms with Gasteiger partial charge in [0.15, 0.2) is 5.82 Å². The average molecular weight is 197 g/mol. The highest BCUT2D eigenvalue weighted by molar-refractivity contribution is 5.75. The maximum atomic E-state index is 13.0. The molecule has 1 N–H and O–H groups in total. The Morgan fingerprint density at radius 2 is 2.14 bits per heavy atom. The Morgan fingerprint density at radius 3 is 2.71 bits per heavy atom. The predicted molar refractivity (Wildman–Crippen MR) is 52.6 cm³/mol. The first-order valence-corrected chi connectivity index (χ1v) is 4.38. The summed E-state index contributed by atoms with van der Waals surface area (Å²) in [6.45, 7) is 4.00. The Balaban J connectivity index is 0.000000461. The van der Waals surface area contributed by atoms with Crippen LogP contribution in [0.1, 0.15) is 13.8 Å². The van der Waals surface area contributed by atoms with Crippen LogP contribution in [0.5, 0.6) is 0 Å². The number of nitrogens with one attached hydrogen (secondary N) is 1. The molecule has 4 nitrogen and oxygen atoms in total. The summed E-state index contributed by atoms with van der Waals surface area (Å²) in [6.07, 6.45) is 2.48. The molecule has 2 heterocycles. The first kappa shape index (κ1) is 10.4. The number of hydrogen-bond acceptors (Lipinski definition) is 2. The van der Waals surface area contributed by atoms with Gasteiger partial charge in [-0.2, -0.15) is 0 Å². The molecule has 5 heteroatoms. The maximum absolute atomic E-state index is 13.0. The average Bonchev–Trinajstić information content (AvgIpc) is 2.47. The quantitative estimate of drug-likeness (QED) is 0.694. The van der Waals surface area contributed by atoms with Crippen molar-refractivity contribution in [1.29, 1.82) is 0 Å². The summed E-state index contributed by atoms with van der Waals surface area (Å²) in [5, 5.41) is 0.0139. The van der Waals surface area contributed by atoms with Crippen LogP contribution < -0.4 is 5.56 Å². The summed E-state index contributed by atoms with van der Waals surface area (Å²) < 4.78 is 14.5. The number of halogens is 1. The van der Waals surface area contributed by atoms with Crippen LogP contribution in [0.3, 0.4) is 0 Å². The molecule has 0 amide bonds. The second-order valence-corrected chi connectivity index (χ2v) is 2.52. The zero-order valence-corrected chi connectivity index (χ0v) is 8.34. The number of aryl methyl sites for hydroxylation is 1. The minimum Gasteiger partial charge on any atom is -0.332 e. The van der Waals surface area contributed by atoms with Gasteiger partial charge in [-0.05, 0) is 0 Å². The van der Waals surface area contributed by atoms with E-state index < -0.39 is 11.4 Å². The molecule has 2 rings (SSSR count). The van der Waals surface area contributed by atoms with Crippen LogP contribution in [0.15, 0.2) is 17.3 Å². The van der Waals surface area contributed by atoms with Crippen molar-refractivity contribution in [2.45, 2.75) is 13.8 Å². The third-order valence-corrected chi connectivity index (χ3v) is 1.71. The molecule has 76 valence electrons. The van der Waals surface area contributed by atoms with Crippen molar-refractivity contribution in [3.05, 3.63) is 28.7 Å². The molecule has 0 aliphatic heterocycles. The Morgan fingerprint density at radius 1 is 1.50 bits per heavy atom. The molecule has 0 aliphatic rings. The molecule has 14 heavy (non-hydrogen) atoms. The fourth-order valence-electron chi connectivity index (χ4n) is 1.17. The Labute approximate surface area is 80.4 Å². The van der Waals surface area contributed by atoms with Crippen molar-refractivity contribution in [2.75, 3.05) is 0 Å². The van der Waals surface area contributed by atoms with E-state index >= 15 is 0 Å². The van der Waals surface area contributed by atoms with E-state index in [0.717, 1.165) is 0 Å². The maximum Gasteiger partial charge on any atom is 0.263 e. The zero-order chi connectivity index (χ0) is 10.7. The van der Waals surface area contributed by atoms with E-state index in [4.69, 9.17) is 0 Å². The highest BCUT2D eigenvalue weighted by Crippen LogP contribution is 2.10. The summed E-state index contributed by atoms with van der Waals surface area (Å²) in [7, 11) is 1.64. The third kappa shape index (κ3) is 1.53. The van der Waals surface area contributed by atoms with Gasteiger partial charge in [0.05, 0.1) is 6.33 Å². The van der Waals surface area contributed by atoms with E-state index in [2.05, 4.69) is 9.97 Å². The number of aromatic amines is 1. The van der Waals surface area contributed by atoms with Crippen molar-refractivity contribution < 1.29 is 4.39 Å². The van der Waals surface area contributed by atoms with E-state index in [1.165, 1.54) is 17.1 Å². The van der Waals surface area contributed by atoms with Gasteiger partial charge in [0, 0.05) is 13.2 Å². The Hall–Kier alpha value is -1.65. The smallest absolute Gasteiger partial charge is 0.263 e. The minimum absolute atomic E-state index is 0.0139. The molecule has 0 saturated heterocycles. The Bertz CT molecular complexity index is 486. The van der Waals surface area contributed by atoms with Gasteiger partial charge >= 0.3 is 0 Å². The molecule has 0 unspecified atom stereocenters. The molecule has 2 aromatic rings. The number of fused-ring (bicyclic) bond motifs is 1. The van der Waals surface area contributed by atoms with Gasteiger partial charge < -0.3 is 9.55 Å². The molecule has 0 radical (unpaired) electrons. The predicted octanol–water partition coefficient (Wildman–Crippen LogP) is 1.43. The van der Waals surface area contributed by atoms with E-state index in [-0.39, 0.29) is 5.39 Å². The second-order valence-electron chi connectivity index (χ2n) is 2.52. The van der Waals surface area contributed by atoms with Gasteiger partial charge in [0.25, 0.3) is 5.56 Å². The summed E-state index contributed by atoms with van der Waals surface area (Å²) in [5.41, 5.74) is -0.0886. The number of aromatic nitrogens is 3. The lowest BCUT2D eigenvalue weighted by Crippen LogP contribution is -2.06. The van der Waals surface area contributed by atoms with Crippen molar-refractivity contribution in [1.82, 2.24) is 14.5 Å². The van der Waals surface area contributed by atoms with Gasteiger partial charge in [0.1, 0.15) is 11.0 Å². The van der Waals surface area contributed by atoms with Crippen LogP contribution >= 0.6 is 0 Å². The van der Waals surface area contributed by atoms with E-state index in [1.54, 1.807) is 7.05 Å². The largest absolute Gasteiger partial charge is 0.332 e. The minimum atomic E-state index is -0.540. The molecule has 0 bridgehead atoms. The lowest BCUT2D eigenvalue weighted by molar-refractivity contribution is 0.632.